The average Bonchev–Trinajstić information content (AvgIpc) is 2.63. The molecule has 1 saturated carbocycles. The van der Waals surface area contributed by atoms with Crippen molar-refractivity contribution in [3.63, 3.8) is 0 Å². The number of fused-ring (bicyclic) bond motifs is 2. The quantitative estimate of drug-likeness (QED) is 0.387. The highest BCUT2D eigenvalue weighted by atomic mass is 32.2. The molecule has 2 rings (SSSR count). The van der Waals surface area contributed by atoms with Gasteiger partial charge in [-0.2, -0.15) is 0 Å². The number of thioether (sulfide) groups is 1. The molecule has 0 radical (unpaired) electrons. The molecule has 1 fully saturated rings. The molecule has 3 atom stereocenters. The largest absolute Gasteiger partial charge is 0.376 e. The van der Waals surface area contributed by atoms with Crippen LogP contribution in [0.4, 0.5) is 0 Å². The van der Waals surface area contributed by atoms with Crippen molar-refractivity contribution < 1.29 is 5.11 Å². The van der Waals surface area contributed by atoms with E-state index in [0.717, 1.165) is 12.8 Å². The molecule has 154 valence electrons. The van der Waals surface area contributed by atoms with Gasteiger partial charge in [-0.25, -0.2) is 0 Å². The highest BCUT2D eigenvalue weighted by molar-refractivity contribution is 8.02. The van der Waals surface area contributed by atoms with Gasteiger partial charge in [-0.15, -0.1) is 17.3 Å². The summed E-state index contributed by atoms with van der Waals surface area (Å²) in [5.74, 6) is 4.04. The molecule has 4 heteroatoms. The lowest BCUT2D eigenvalue weighted by Gasteiger charge is -2.44. The van der Waals surface area contributed by atoms with Crippen LogP contribution < -0.4 is 0 Å². The molecule has 0 aliphatic heterocycles. The molecule has 2 aliphatic carbocycles. The van der Waals surface area contributed by atoms with Crippen LogP contribution in [0.5, 0.6) is 0 Å². The molecule has 27 heavy (non-hydrogen) atoms. The van der Waals surface area contributed by atoms with Crippen molar-refractivity contribution in [1.29, 1.82) is 0 Å². The van der Waals surface area contributed by atoms with Crippen LogP contribution in [0.2, 0.25) is 36.3 Å². The van der Waals surface area contributed by atoms with Gasteiger partial charge < -0.3 is 5.11 Å². The first-order valence-electron chi connectivity index (χ1n) is 10.6. The molecule has 1 N–H and O–H groups in total. The summed E-state index contributed by atoms with van der Waals surface area (Å²) >= 11 is 1.90. The highest BCUT2D eigenvalue weighted by Crippen LogP contribution is 2.60. The van der Waals surface area contributed by atoms with Crippen molar-refractivity contribution in [1.82, 2.24) is 0 Å². The maximum Gasteiger partial charge on any atom is 0.138 e. The summed E-state index contributed by atoms with van der Waals surface area (Å²) in [4.78, 5) is 1.50. The van der Waals surface area contributed by atoms with E-state index in [1.165, 1.54) is 11.3 Å². The van der Waals surface area contributed by atoms with E-state index in [-0.39, 0.29) is 21.9 Å². The van der Waals surface area contributed by atoms with Crippen molar-refractivity contribution in [2.24, 2.45) is 11.8 Å². The second kappa shape index (κ2) is 7.08. The van der Waals surface area contributed by atoms with E-state index < -0.39 is 21.7 Å². The van der Waals surface area contributed by atoms with E-state index in [9.17, 15) is 5.11 Å². The molecular formula is C23H42OSSi2. The molecule has 0 amide bonds. The Balaban J connectivity index is 2.59. The Kier molecular flexibility index (Phi) is 6.11. The summed E-state index contributed by atoms with van der Waals surface area (Å²) in [6.07, 6.45) is 5.63. The molecular weight excluding hydrogens is 380 g/mol. The standard InChI is InChI=1S/C23H42OSSi2/c1-21(2,3)26(8,9)16-15-23(24)17-13-12-14-18(23)20(19(17)25-7)27(10,11)22(4,5)6/h17-18,24H,12-14H2,1-11H3/t17-,18+,23-/m1/s1. The molecule has 2 bridgehead atoms. The van der Waals surface area contributed by atoms with Crippen molar-refractivity contribution in [2.45, 2.75) is 103 Å². The van der Waals surface area contributed by atoms with E-state index in [2.05, 4.69) is 85.5 Å². The molecule has 2 aliphatic rings. The number of hydrogen-bond donors (Lipinski definition) is 1. The van der Waals surface area contributed by atoms with Gasteiger partial charge in [0.1, 0.15) is 13.7 Å². The minimum absolute atomic E-state index is 0.224. The van der Waals surface area contributed by atoms with Crippen molar-refractivity contribution in [3.8, 4) is 11.5 Å². The minimum Gasteiger partial charge on any atom is -0.376 e. The zero-order valence-electron chi connectivity index (χ0n) is 19.6. The van der Waals surface area contributed by atoms with Crippen LogP contribution in [-0.2, 0) is 0 Å². The first-order valence-corrected chi connectivity index (χ1v) is 17.8. The number of rotatable bonds is 2. The summed E-state index contributed by atoms with van der Waals surface area (Å²) in [5.41, 5.74) is 2.85. The summed E-state index contributed by atoms with van der Waals surface area (Å²) in [6.45, 7) is 23.8. The predicted octanol–water partition coefficient (Wildman–Crippen LogP) is 6.86. The molecule has 1 nitrogen and oxygen atoms in total. The Morgan fingerprint density at radius 3 is 1.93 bits per heavy atom. The van der Waals surface area contributed by atoms with E-state index >= 15 is 0 Å². The summed E-state index contributed by atoms with van der Waals surface area (Å²) in [7, 11) is -3.44. The first kappa shape index (κ1) is 23.3. The third kappa shape index (κ3) is 3.79. The maximum atomic E-state index is 12.0. The Morgan fingerprint density at radius 1 is 0.963 bits per heavy atom. The lowest BCUT2D eigenvalue weighted by atomic mass is 9.74. The van der Waals surface area contributed by atoms with E-state index in [1.807, 2.05) is 11.8 Å². The zero-order chi connectivity index (χ0) is 21.1. The van der Waals surface area contributed by atoms with Gasteiger partial charge in [-0.05, 0) is 34.1 Å². The van der Waals surface area contributed by atoms with Crippen LogP contribution in [0.3, 0.4) is 0 Å². The van der Waals surface area contributed by atoms with Crippen molar-refractivity contribution in [3.05, 3.63) is 10.1 Å². The average molecular weight is 423 g/mol. The first-order chi connectivity index (χ1) is 12.0. The van der Waals surface area contributed by atoms with Gasteiger partial charge in [0.2, 0.25) is 0 Å². The van der Waals surface area contributed by atoms with Gasteiger partial charge in [0.25, 0.3) is 0 Å². The van der Waals surface area contributed by atoms with Crippen LogP contribution in [0.1, 0.15) is 60.8 Å². The fourth-order valence-corrected chi connectivity index (χ4v) is 10.0. The topological polar surface area (TPSA) is 20.2 Å². The second-order valence-electron chi connectivity index (χ2n) is 11.8. The molecule has 0 aromatic rings. The van der Waals surface area contributed by atoms with Gasteiger partial charge >= 0.3 is 0 Å². The minimum atomic E-state index is -1.74. The normalized spacial score (nSPS) is 29.6. The SMILES string of the molecule is CSC1=C([Si](C)(C)C(C)(C)C)[C@@H]2CCC[C@H]1[C@]2(O)C#C[Si](C)(C)C(C)(C)C. The molecule has 0 unspecified atom stereocenters. The van der Waals surface area contributed by atoms with Crippen LogP contribution in [0.25, 0.3) is 0 Å². The van der Waals surface area contributed by atoms with Gasteiger partial charge in [0, 0.05) is 11.8 Å². The van der Waals surface area contributed by atoms with Crippen molar-refractivity contribution in [2.75, 3.05) is 6.26 Å². The van der Waals surface area contributed by atoms with Crippen LogP contribution in [0, 0.1) is 23.3 Å². The second-order valence-corrected chi connectivity index (χ2v) is 23.0. The molecule has 0 aromatic heterocycles. The number of aliphatic hydroxyl groups is 1. The van der Waals surface area contributed by atoms with Crippen LogP contribution >= 0.6 is 11.8 Å². The van der Waals surface area contributed by atoms with E-state index in [1.54, 1.807) is 5.20 Å². The molecule has 0 saturated heterocycles. The predicted molar refractivity (Wildman–Crippen MR) is 128 cm³/mol. The van der Waals surface area contributed by atoms with Gasteiger partial charge in [-0.1, -0.05) is 85.3 Å². The van der Waals surface area contributed by atoms with Gasteiger partial charge in [-0.3, -0.25) is 0 Å². The fraction of sp³-hybridized carbons (Fsp3) is 0.826. The Hall–Kier alpha value is 0.0438. The lowest BCUT2D eigenvalue weighted by Crippen LogP contribution is -2.48. The highest BCUT2D eigenvalue weighted by Gasteiger charge is 2.59. The third-order valence-electron chi connectivity index (χ3n) is 8.20. The van der Waals surface area contributed by atoms with E-state index in [4.69, 9.17) is 0 Å². The Morgan fingerprint density at radius 2 is 1.48 bits per heavy atom. The fourth-order valence-electron chi connectivity index (χ4n) is 4.28. The molecule has 0 spiro atoms. The summed E-state index contributed by atoms with van der Waals surface area (Å²) in [5, 5.41) is 14.2. The van der Waals surface area contributed by atoms with Gasteiger partial charge in [0.05, 0.1) is 8.07 Å². The lowest BCUT2D eigenvalue weighted by molar-refractivity contribution is 0.00182. The third-order valence-corrected chi connectivity index (χ3v) is 19.5. The Bertz CT molecular complexity index is 682. The van der Waals surface area contributed by atoms with Crippen LogP contribution in [-0.4, -0.2) is 33.1 Å². The summed E-state index contributed by atoms with van der Waals surface area (Å²) < 4.78 is 0. The maximum absolute atomic E-state index is 12.0. The monoisotopic (exact) mass is 422 g/mol. The molecule has 0 heterocycles. The Labute approximate surface area is 175 Å². The molecule has 0 aromatic carbocycles. The van der Waals surface area contributed by atoms with Crippen LogP contribution in [0.15, 0.2) is 10.1 Å². The van der Waals surface area contributed by atoms with Crippen molar-refractivity contribution >= 4 is 27.9 Å². The number of hydrogen-bond acceptors (Lipinski definition) is 2. The van der Waals surface area contributed by atoms with E-state index in [0.29, 0.717) is 0 Å². The summed E-state index contributed by atoms with van der Waals surface area (Å²) in [6, 6.07) is 0. The van der Waals surface area contributed by atoms with Gasteiger partial charge in [0.15, 0.2) is 0 Å². The smallest absolute Gasteiger partial charge is 0.138 e. The zero-order valence-corrected chi connectivity index (χ0v) is 22.4.